The van der Waals surface area contributed by atoms with Crippen LogP contribution in [0.2, 0.25) is 0 Å². The molecular formula is C22H16N4O2. The van der Waals surface area contributed by atoms with E-state index >= 15 is 0 Å². The van der Waals surface area contributed by atoms with E-state index in [2.05, 4.69) is 15.3 Å². The number of hydrogen-bond acceptors (Lipinski definition) is 4. The van der Waals surface area contributed by atoms with Crippen LogP contribution in [-0.4, -0.2) is 21.8 Å². The molecule has 0 saturated carbocycles. The Morgan fingerprint density at radius 1 is 0.857 bits per heavy atom. The van der Waals surface area contributed by atoms with Gasteiger partial charge in [-0.3, -0.25) is 14.6 Å². The standard InChI is InChI=1S/C22H16N4O2/c23-21(27)14-8-10-15(11-9-14)25-22(28)17-13-20(19-7-3-4-12-24-19)26-18-6-2-1-5-16(17)18/h1-13H,(H2,23,27)(H,25,28). The largest absolute Gasteiger partial charge is 0.366 e. The van der Waals surface area contributed by atoms with Gasteiger partial charge in [-0.15, -0.1) is 0 Å². The van der Waals surface area contributed by atoms with Crippen LogP contribution in [0.25, 0.3) is 22.3 Å². The third-order valence-electron chi connectivity index (χ3n) is 4.32. The van der Waals surface area contributed by atoms with Crippen molar-refractivity contribution in [3.8, 4) is 11.4 Å². The lowest BCUT2D eigenvalue weighted by atomic mass is 10.1. The maximum Gasteiger partial charge on any atom is 0.256 e. The average Bonchev–Trinajstić information content (AvgIpc) is 2.74. The molecule has 0 aliphatic rings. The number of amides is 2. The van der Waals surface area contributed by atoms with Crippen molar-refractivity contribution in [3.05, 3.63) is 90.1 Å². The Morgan fingerprint density at radius 3 is 2.32 bits per heavy atom. The number of pyridine rings is 2. The number of aromatic nitrogens is 2. The van der Waals surface area contributed by atoms with Gasteiger partial charge in [0.1, 0.15) is 0 Å². The quantitative estimate of drug-likeness (QED) is 0.574. The van der Waals surface area contributed by atoms with Crippen molar-refractivity contribution in [2.45, 2.75) is 0 Å². The Hall–Kier alpha value is -4.06. The van der Waals surface area contributed by atoms with E-state index in [1.165, 1.54) is 0 Å². The minimum Gasteiger partial charge on any atom is -0.366 e. The summed E-state index contributed by atoms with van der Waals surface area (Å²) >= 11 is 0. The second-order valence-electron chi connectivity index (χ2n) is 6.18. The second kappa shape index (κ2) is 7.28. The van der Waals surface area contributed by atoms with E-state index in [-0.39, 0.29) is 5.91 Å². The molecule has 2 aromatic heterocycles. The first-order valence-electron chi connectivity index (χ1n) is 8.64. The first-order valence-corrected chi connectivity index (χ1v) is 8.64. The molecule has 0 aliphatic heterocycles. The molecule has 0 atom stereocenters. The number of carbonyl (C=O) groups excluding carboxylic acids is 2. The maximum atomic E-state index is 13.0. The highest BCUT2D eigenvalue weighted by molar-refractivity contribution is 6.13. The summed E-state index contributed by atoms with van der Waals surface area (Å²) in [5.74, 6) is -0.791. The fourth-order valence-electron chi connectivity index (χ4n) is 2.93. The summed E-state index contributed by atoms with van der Waals surface area (Å²) in [5.41, 5.74) is 8.70. The number of carbonyl (C=O) groups is 2. The predicted molar refractivity (Wildman–Crippen MR) is 108 cm³/mol. The van der Waals surface area contributed by atoms with Crippen molar-refractivity contribution in [3.63, 3.8) is 0 Å². The van der Waals surface area contributed by atoms with Gasteiger partial charge in [0.05, 0.1) is 22.5 Å². The van der Waals surface area contributed by atoms with Crippen LogP contribution in [0.1, 0.15) is 20.7 Å². The number of nitrogens with one attached hydrogen (secondary N) is 1. The Morgan fingerprint density at radius 2 is 1.61 bits per heavy atom. The fraction of sp³-hybridized carbons (Fsp3) is 0. The first kappa shape index (κ1) is 17.4. The van der Waals surface area contributed by atoms with Crippen LogP contribution in [0.3, 0.4) is 0 Å². The molecule has 0 radical (unpaired) electrons. The molecule has 136 valence electrons. The molecule has 3 N–H and O–H groups in total. The van der Waals surface area contributed by atoms with Crippen molar-refractivity contribution in [1.82, 2.24) is 9.97 Å². The van der Waals surface area contributed by atoms with E-state index in [1.54, 1.807) is 36.5 Å². The van der Waals surface area contributed by atoms with E-state index in [9.17, 15) is 9.59 Å². The van der Waals surface area contributed by atoms with Gasteiger partial charge >= 0.3 is 0 Å². The zero-order valence-corrected chi connectivity index (χ0v) is 14.8. The minimum absolute atomic E-state index is 0.275. The Balaban J connectivity index is 1.74. The van der Waals surface area contributed by atoms with Gasteiger partial charge in [-0.1, -0.05) is 24.3 Å². The maximum absolute atomic E-state index is 13.0. The topological polar surface area (TPSA) is 98.0 Å². The fourth-order valence-corrected chi connectivity index (χ4v) is 2.93. The predicted octanol–water partition coefficient (Wildman–Crippen LogP) is 3.65. The summed E-state index contributed by atoms with van der Waals surface area (Å²) in [6.45, 7) is 0. The Labute approximate surface area is 161 Å². The molecule has 2 aromatic carbocycles. The van der Waals surface area contributed by atoms with E-state index < -0.39 is 5.91 Å². The second-order valence-corrected chi connectivity index (χ2v) is 6.18. The summed E-state index contributed by atoms with van der Waals surface area (Å²) in [6.07, 6.45) is 1.69. The summed E-state index contributed by atoms with van der Waals surface area (Å²) < 4.78 is 0. The third-order valence-corrected chi connectivity index (χ3v) is 4.32. The van der Waals surface area contributed by atoms with E-state index in [0.29, 0.717) is 33.7 Å². The lowest BCUT2D eigenvalue weighted by Gasteiger charge is -2.10. The number of rotatable bonds is 4. The summed E-state index contributed by atoms with van der Waals surface area (Å²) in [7, 11) is 0. The van der Waals surface area contributed by atoms with Gasteiger partial charge in [0.2, 0.25) is 5.91 Å². The molecule has 0 aliphatic carbocycles. The normalized spacial score (nSPS) is 10.6. The molecule has 0 fully saturated rings. The number of primary amides is 1. The zero-order valence-electron chi connectivity index (χ0n) is 14.8. The van der Waals surface area contributed by atoms with Crippen LogP contribution >= 0.6 is 0 Å². The molecule has 6 nitrogen and oxygen atoms in total. The molecule has 28 heavy (non-hydrogen) atoms. The van der Waals surface area contributed by atoms with Gasteiger partial charge in [-0.2, -0.15) is 0 Å². The van der Waals surface area contributed by atoms with Gasteiger partial charge in [0.15, 0.2) is 0 Å². The van der Waals surface area contributed by atoms with E-state index in [4.69, 9.17) is 5.73 Å². The highest BCUT2D eigenvalue weighted by Gasteiger charge is 2.15. The smallest absolute Gasteiger partial charge is 0.256 e. The number of hydrogen-bond donors (Lipinski definition) is 2. The van der Waals surface area contributed by atoms with Gasteiger partial charge in [0.25, 0.3) is 5.91 Å². The lowest BCUT2D eigenvalue weighted by molar-refractivity contribution is 0.0998. The first-order chi connectivity index (χ1) is 13.6. The molecule has 6 heteroatoms. The Kier molecular flexibility index (Phi) is 4.51. The Bertz CT molecular complexity index is 1170. The number of nitrogens with zero attached hydrogens (tertiary/aromatic N) is 2. The van der Waals surface area contributed by atoms with Crippen LogP contribution in [0.15, 0.2) is 79.0 Å². The van der Waals surface area contributed by atoms with Gasteiger partial charge in [-0.25, -0.2) is 4.98 Å². The highest BCUT2D eigenvalue weighted by atomic mass is 16.2. The molecule has 0 unspecified atom stereocenters. The molecule has 4 rings (SSSR count). The molecule has 2 heterocycles. The van der Waals surface area contributed by atoms with Crippen LogP contribution in [-0.2, 0) is 0 Å². The number of nitrogens with two attached hydrogens (primary N) is 1. The SMILES string of the molecule is NC(=O)c1ccc(NC(=O)c2cc(-c3ccccn3)nc3ccccc23)cc1. The molecular weight excluding hydrogens is 352 g/mol. The van der Waals surface area contributed by atoms with Crippen molar-refractivity contribution in [1.29, 1.82) is 0 Å². The van der Waals surface area contributed by atoms with Gasteiger partial charge < -0.3 is 11.1 Å². The number of benzene rings is 2. The lowest BCUT2D eigenvalue weighted by Crippen LogP contribution is -2.14. The molecule has 4 aromatic rings. The van der Waals surface area contributed by atoms with Crippen LogP contribution in [0.5, 0.6) is 0 Å². The highest BCUT2D eigenvalue weighted by Crippen LogP contribution is 2.24. The van der Waals surface area contributed by atoms with Gasteiger partial charge in [0, 0.05) is 22.8 Å². The van der Waals surface area contributed by atoms with Gasteiger partial charge in [-0.05, 0) is 48.5 Å². The van der Waals surface area contributed by atoms with Crippen molar-refractivity contribution in [2.75, 3.05) is 5.32 Å². The number of para-hydroxylation sites is 1. The summed E-state index contributed by atoms with van der Waals surface area (Å²) in [5, 5.41) is 3.60. The number of fused-ring (bicyclic) bond motifs is 1. The van der Waals surface area contributed by atoms with Crippen LogP contribution < -0.4 is 11.1 Å². The van der Waals surface area contributed by atoms with E-state index in [1.807, 2.05) is 42.5 Å². The number of anilines is 1. The molecule has 0 spiro atoms. The van der Waals surface area contributed by atoms with Crippen molar-refractivity contribution in [2.24, 2.45) is 5.73 Å². The average molecular weight is 368 g/mol. The zero-order chi connectivity index (χ0) is 19.5. The summed E-state index contributed by atoms with van der Waals surface area (Å²) in [4.78, 5) is 33.1. The molecule has 2 amide bonds. The van der Waals surface area contributed by atoms with Crippen molar-refractivity contribution < 1.29 is 9.59 Å². The summed E-state index contributed by atoms with van der Waals surface area (Å²) in [6, 6.07) is 21.2. The van der Waals surface area contributed by atoms with Crippen LogP contribution in [0, 0.1) is 0 Å². The van der Waals surface area contributed by atoms with Crippen LogP contribution in [0.4, 0.5) is 5.69 Å². The third kappa shape index (κ3) is 3.43. The van der Waals surface area contributed by atoms with E-state index in [0.717, 1.165) is 5.39 Å². The molecule has 0 bridgehead atoms. The van der Waals surface area contributed by atoms with Crippen molar-refractivity contribution >= 4 is 28.4 Å². The molecule has 0 saturated heterocycles. The minimum atomic E-state index is -0.516. The monoisotopic (exact) mass is 368 g/mol.